The second-order valence-electron chi connectivity index (χ2n) is 2.20. The number of hydrogen-bond donors (Lipinski definition) is 3. The number of anilines is 1. The van der Waals surface area contributed by atoms with Crippen molar-refractivity contribution in [2.24, 2.45) is 0 Å². The van der Waals surface area contributed by atoms with Gasteiger partial charge in [-0.2, -0.15) is 0 Å². The third-order valence-electron chi connectivity index (χ3n) is 1.35. The number of carboxylic acids is 1. The van der Waals surface area contributed by atoms with E-state index in [0.29, 0.717) is 15.1 Å². The van der Waals surface area contributed by atoms with E-state index in [1.54, 1.807) is 0 Å². The lowest BCUT2D eigenvalue weighted by Crippen LogP contribution is -1.98. The van der Waals surface area contributed by atoms with Gasteiger partial charge in [0.2, 0.25) is 0 Å². The molecule has 0 aliphatic carbocycles. The van der Waals surface area contributed by atoms with E-state index in [1.165, 1.54) is 12.1 Å². The number of rotatable bonds is 1. The van der Waals surface area contributed by atoms with E-state index >= 15 is 0 Å². The van der Waals surface area contributed by atoms with Crippen LogP contribution in [0, 0.1) is 0 Å². The summed E-state index contributed by atoms with van der Waals surface area (Å²) >= 11 is 7.14. The van der Waals surface area contributed by atoms with Crippen molar-refractivity contribution in [1.29, 1.82) is 0 Å². The minimum atomic E-state index is -0.994. The molecule has 3 nitrogen and oxygen atoms in total. The Labute approximate surface area is 83.1 Å². The van der Waals surface area contributed by atoms with Crippen LogP contribution >= 0.6 is 28.6 Å². The topological polar surface area (TPSA) is 63.3 Å². The molecule has 64 valence electrons. The second-order valence-corrected chi connectivity index (χ2v) is 3.53. The van der Waals surface area contributed by atoms with Crippen LogP contribution in [0.4, 0.5) is 5.69 Å². The lowest BCUT2D eigenvalue weighted by atomic mass is 10.2. The van der Waals surface area contributed by atoms with Gasteiger partial charge in [-0.3, -0.25) is 0 Å². The minimum Gasteiger partial charge on any atom is -0.478 e. The van der Waals surface area contributed by atoms with Crippen LogP contribution in [0.5, 0.6) is 0 Å². The Morgan fingerprint density at radius 3 is 2.58 bits per heavy atom. The highest BCUT2D eigenvalue weighted by molar-refractivity contribution is 9.10. The fourth-order valence-corrected chi connectivity index (χ4v) is 1.60. The molecule has 5 heteroatoms. The van der Waals surface area contributed by atoms with E-state index in [-0.39, 0.29) is 5.56 Å². The van der Waals surface area contributed by atoms with Crippen molar-refractivity contribution in [3.63, 3.8) is 0 Å². The maximum Gasteiger partial charge on any atom is 0.335 e. The first-order valence-corrected chi connectivity index (χ1v) is 4.27. The highest BCUT2D eigenvalue weighted by Crippen LogP contribution is 2.27. The highest BCUT2D eigenvalue weighted by atomic mass is 79.9. The molecular formula is C7H6BrNO2S. The largest absolute Gasteiger partial charge is 0.478 e. The summed E-state index contributed by atoms with van der Waals surface area (Å²) in [6, 6.07) is 2.85. The molecule has 1 rings (SSSR count). The molecule has 0 aliphatic rings. The third kappa shape index (κ3) is 1.73. The number of benzene rings is 1. The van der Waals surface area contributed by atoms with Crippen LogP contribution in [0.3, 0.4) is 0 Å². The van der Waals surface area contributed by atoms with Crippen LogP contribution in [0.15, 0.2) is 21.5 Å². The zero-order valence-corrected chi connectivity index (χ0v) is 8.39. The number of carbonyl (C=O) groups is 1. The van der Waals surface area contributed by atoms with Gasteiger partial charge in [0.05, 0.1) is 11.3 Å². The van der Waals surface area contributed by atoms with Crippen molar-refractivity contribution >= 4 is 40.2 Å². The van der Waals surface area contributed by atoms with Gasteiger partial charge in [0.15, 0.2) is 0 Å². The van der Waals surface area contributed by atoms with Gasteiger partial charge in [0, 0.05) is 9.37 Å². The van der Waals surface area contributed by atoms with E-state index in [2.05, 4.69) is 28.6 Å². The summed E-state index contributed by atoms with van der Waals surface area (Å²) < 4.78 is 0.549. The average molecular weight is 248 g/mol. The Morgan fingerprint density at radius 2 is 2.17 bits per heavy atom. The van der Waals surface area contributed by atoms with E-state index in [4.69, 9.17) is 10.8 Å². The van der Waals surface area contributed by atoms with Gasteiger partial charge in [-0.1, -0.05) is 0 Å². The van der Waals surface area contributed by atoms with E-state index in [1.807, 2.05) is 0 Å². The zero-order valence-electron chi connectivity index (χ0n) is 5.91. The standard InChI is InChI=1S/C7H6BrNO2S/c8-4-1-3(7(10)11)2-5(12)6(4)9/h1-2,12H,9H2,(H,10,11). The number of halogens is 1. The fraction of sp³-hybridized carbons (Fsp3) is 0. The van der Waals surface area contributed by atoms with Crippen LogP contribution < -0.4 is 5.73 Å². The molecule has 0 aromatic heterocycles. The van der Waals surface area contributed by atoms with Crippen molar-refractivity contribution in [1.82, 2.24) is 0 Å². The Morgan fingerprint density at radius 1 is 1.58 bits per heavy atom. The third-order valence-corrected chi connectivity index (χ3v) is 2.38. The number of thiol groups is 1. The van der Waals surface area contributed by atoms with E-state index in [0.717, 1.165) is 0 Å². The molecule has 0 saturated heterocycles. The number of nitrogens with two attached hydrogens (primary N) is 1. The van der Waals surface area contributed by atoms with Crippen molar-refractivity contribution in [2.45, 2.75) is 4.90 Å². The molecule has 0 fully saturated rings. The van der Waals surface area contributed by atoms with Crippen LogP contribution in [-0.4, -0.2) is 11.1 Å². The summed E-state index contributed by atoms with van der Waals surface area (Å²) in [5, 5.41) is 8.63. The Hall–Kier alpha value is -0.680. The molecule has 0 spiro atoms. The molecule has 0 radical (unpaired) electrons. The molecule has 3 N–H and O–H groups in total. The summed E-state index contributed by atoms with van der Waals surface area (Å²) in [5.74, 6) is -0.994. The Bertz CT molecular complexity index is 317. The number of aromatic carboxylic acids is 1. The Balaban J connectivity index is 3.31. The predicted octanol–water partition coefficient (Wildman–Crippen LogP) is 2.02. The molecule has 1 aromatic rings. The van der Waals surface area contributed by atoms with Crippen molar-refractivity contribution in [2.75, 3.05) is 5.73 Å². The highest BCUT2D eigenvalue weighted by Gasteiger charge is 2.07. The SMILES string of the molecule is Nc1c(S)cc(C(=O)O)cc1Br. The average Bonchev–Trinajstić information content (AvgIpc) is 1.99. The van der Waals surface area contributed by atoms with Gasteiger partial charge < -0.3 is 10.8 Å². The monoisotopic (exact) mass is 247 g/mol. The first-order chi connectivity index (χ1) is 5.52. The normalized spacial score (nSPS) is 9.83. The van der Waals surface area contributed by atoms with Crippen LogP contribution in [0.2, 0.25) is 0 Å². The van der Waals surface area contributed by atoms with Crippen LogP contribution in [-0.2, 0) is 0 Å². The maximum absolute atomic E-state index is 10.5. The molecule has 0 heterocycles. The quantitative estimate of drug-likeness (QED) is 0.526. The van der Waals surface area contributed by atoms with E-state index < -0.39 is 5.97 Å². The van der Waals surface area contributed by atoms with Gasteiger partial charge in [-0.15, -0.1) is 12.6 Å². The van der Waals surface area contributed by atoms with Crippen molar-refractivity contribution in [3.05, 3.63) is 22.2 Å². The summed E-state index contributed by atoms with van der Waals surface area (Å²) in [6.45, 7) is 0. The van der Waals surface area contributed by atoms with Crippen molar-refractivity contribution in [3.8, 4) is 0 Å². The summed E-state index contributed by atoms with van der Waals surface area (Å²) in [5.41, 5.74) is 6.15. The summed E-state index contributed by atoms with van der Waals surface area (Å²) in [7, 11) is 0. The molecule has 0 bridgehead atoms. The van der Waals surface area contributed by atoms with Gasteiger partial charge in [0.1, 0.15) is 0 Å². The Kier molecular flexibility index (Phi) is 2.64. The lowest BCUT2D eigenvalue weighted by molar-refractivity contribution is 0.0696. The molecule has 0 saturated carbocycles. The van der Waals surface area contributed by atoms with Crippen LogP contribution in [0.25, 0.3) is 0 Å². The first-order valence-electron chi connectivity index (χ1n) is 3.03. The number of carboxylic acid groups (broad SMARTS) is 1. The smallest absolute Gasteiger partial charge is 0.335 e. The molecule has 0 unspecified atom stereocenters. The maximum atomic E-state index is 10.5. The first kappa shape index (κ1) is 9.41. The fourth-order valence-electron chi connectivity index (χ4n) is 0.727. The molecule has 0 aliphatic heterocycles. The molecule has 1 aromatic carbocycles. The molecule has 12 heavy (non-hydrogen) atoms. The zero-order chi connectivity index (χ0) is 9.30. The summed E-state index contributed by atoms with van der Waals surface area (Å²) in [6.07, 6.45) is 0. The van der Waals surface area contributed by atoms with Crippen molar-refractivity contribution < 1.29 is 9.90 Å². The van der Waals surface area contributed by atoms with Gasteiger partial charge in [0.25, 0.3) is 0 Å². The molecule has 0 atom stereocenters. The lowest BCUT2D eigenvalue weighted by Gasteiger charge is -2.03. The van der Waals surface area contributed by atoms with Gasteiger partial charge in [-0.05, 0) is 28.1 Å². The summed E-state index contributed by atoms with van der Waals surface area (Å²) in [4.78, 5) is 11.0. The number of nitrogen functional groups attached to an aromatic ring is 1. The predicted molar refractivity (Wildman–Crippen MR) is 52.8 cm³/mol. The molecular weight excluding hydrogens is 242 g/mol. The van der Waals surface area contributed by atoms with E-state index in [9.17, 15) is 4.79 Å². The second kappa shape index (κ2) is 3.37. The molecule has 0 amide bonds. The van der Waals surface area contributed by atoms with Gasteiger partial charge in [-0.25, -0.2) is 4.79 Å². The van der Waals surface area contributed by atoms with Gasteiger partial charge >= 0.3 is 5.97 Å². The van der Waals surface area contributed by atoms with Crippen LogP contribution in [0.1, 0.15) is 10.4 Å². The minimum absolute atomic E-state index is 0.168. The number of hydrogen-bond acceptors (Lipinski definition) is 3.